The maximum absolute atomic E-state index is 14.4. The number of fused-ring (bicyclic) bond motifs is 3. The quantitative estimate of drug-likeness (QED) is 0.523. The lowest BCUT2D eigenvalue weighted by Gasteiger charge is -2.48. The molecule has 4 aliphatic carbocycles. The summed E-state index contributed by atoms with van der Waals surface area (Å²) in [6, 6.07) is 0. The number of amides is 1. The van der Waals surface area contributed by atoms with Crippen LogP contribution in [0.2, 0.25) is 0 Å². The van der Waals surface area contributed by atoms with Gasteiger partial charge >= 0.3 is 6.09 Å². The third kappa shape index (κ3) is 3.29. The van der Waals surface area contributed by atoms with Crippen LogP contribution in [0.25, 0.3) is 0 Å². The van der Waals surface area contributed by atoms with Crippen LogP contribution in [-0.4, -0.2) is 68.7 Å². The molecule has 0 saturated heterocycles. The maximum atomic E-state index is 14.4. The molecule has 2 saturated carbocycles. The Bertz CT molecular complexity index is 1200. The van der Waals surface area contributed by atoms with E-state index in [4.69, 9.17) is 9.26 Å². The highest BCUT2D eigenvalue weighted by molar-refractivity contribution is 5.95. The number of rotatable bonds is 4. The van der Waals surface area contributed by atoms with Crippen molar-refractivity contribution in [2.75, 3.05) is 13.7 Å². The van der Waals surface area contributed by atoms with Gasteiger partial charge in [0, 0.05) is 18.5 Å². The first-order valence-electron chi connectivity index (χ1n) is 13.0. The van der Waals surface area contributed by atoms with Gasteiger partial charge in [0.25, 0.3) is 0 Å². The van der Waals surface area contributed by atoms with Gasteiger partial charge in [-0.25, -0.2) is 4.79 Å². The fourth-order valence-corrected chi connectivity index (χ4v) is 7.81. The summed E-state index contributed by atoms with van der Waals surface area (Å²) in [6.45, 7) is 11.2. The minimum atomic E-state index is -2.16. The normalized spacial score (nSPS) is 39.6. The lowest BCUT2D eigenvalue weighted by Crippen LogP contribution is -2.66. The Labute approximate surface area is 217 Å². The van der Waals surface area contributed by atoms with Crippen molar-refractivity contribution in [3.63, 3.8) is 0 Å². The van der Waals surface area contributed by atoms with E-state index in [1.165, 1.54) is 4.90 Å². The van der Waals surface area contributed by atoms with Crippen LogP contribution in [0.4, 0.5) is 4.79 Å². The van der Waals surface area contributed by atoms with Gasteiger partial charge in [0.15, 0.2) is 17.5 Å². The maximum Gasteiger partial charge on any atom is 0.410 e. The minimum absolute atomic E-state index is 0.0508. The van der Waals surface area contributed by atoms with E-state index in [1.807, 2.05) is 6.92 Å². The zero-order valence-electron chi connectivity index (χ0n) is 22.6. The third-order valence-corrected chi connectivity index (χ3v) is 10.0. The molecule has 9 nitrogen and oxygen atoms in total. The average molecular weight is 515 g/mol. The molecule has 0 unspecified atom stereocenters. The van der Waals surface area contributed by atoms with Gasteiger partial charge in [0.1, 0.15) is 11.9 Å². The van der Waals surface area contributed by atoms with E-state index in [-0.39, 0.29) is 41.1 Å². The molecular weight excluding hydrogens is 476 g/mol. The van der Waals surface area contributed by atoms with Gasteiger partial charge in [-0.15, -0.1) is 0 Å². The SMILES string of the molecule is CC1=C[C@]23C(=O)[C@@H](C=C(CO)[C@@H](O)[C@]2(O)[C@H]1OC(=O)N(C)Cc1c(C)noc1C)[C@H]1[C@@H](C[C@H]3C)C1(C)C. The second-order valence-corrected chi connectivity index (χ2v) is 12.3. The molecule has 5 rings (SSSR count). The number of Topliss-reactive ketones (excluding diaryl/α,β-unsaturated/α-hetero) is 1. The Hall–Kier alpha value is -2.49. The minimum Gasteiger partial charge on any atom is -0.438 e. The first-order valence-corrected chi connectivity index (χ1v) is 13.0. The molecule has 1 aromatic rings. The Kier molecular flexibility index (Phi) is 5.83. The number of hydrogen-bond acceptors (Lipinski definition) is 8. The summed E-state index contributed by atoms with van der Waals surface area (Å²) in [5.41, 5.74) is -1.55. The molecule has 1 spiro atoms. The second-order valence-electron chi connectivity index (χ2n) is 12.3. The predicted octanol–water partition coefficient (Wildman–Crippen LogP) is 2.70. The van der Waals surface area contributed by atoms with E-state index in [0.29, 0.717) is 23.4 Å². The van der Waals surface area contributed by atoms with E-state index >= 15 is 0 Å². The molecule has 2 fully saturated rings. The topological polar surface area (TPSA) is 133 Å². The van der Waals surface area contributed by atoms with Crippen molar-refractivity contribution in [3.8, 4) is 0 Å². The van der Waals surface area contributed by atoms with Crippen LogP contribution >= 0.6 is 0 Å². The fraction of sp³-hybridized carbons (Fsp3) is 0.679. The van der Waals surface area contributed by atoms with Crippen LogP contribution in [0.15, 0.2) is 27.8 Å². The molecule has 8 atom stereocenters. The molecule has 37 heavy (non-hydrogen) atoms. The van der Waals surface area contributed by atoms with Crippen LogP contribution in [0, 0.1) is 48.3 Å². The van der Waals surface area contributed by atoms with Gasteiger partial charge in [-0.05, 0) is 61.5 Å². The van der Waals surface area contributed by atoms with Crippen molar-refractivity contribution in [2.24, 2.45) is 34.5 Å². The number of allylic oxidation sites excluding steroid dienone is 1. The summed E-state index contributed by atoms with van der Waals surface area (Å²) in [7, 11) is 1.57. The zero-order chi connectivity index (χ0) is 27.2. The molecule has 202 valence electrons. The predicted molar refractivity (Wildman–Crippen MR) is 133 cm³/mol. The number of ether oxygens (including phenoxy) is 1. The molecule has 0 aromatic carbocycles. The van der Waals surface area contributed by atoms with Crippen LogP contribution < -0.4 is 0 Å². The Morgan fingerprint density at radius 1 is 1.30 bits per heavy atom. The molecule has 1 amide bonds. The average Bonchev–Trinajstić information content (AvgIpc) is 3.15. The molecule has 1 heterocycles. The Morgan fingerprint density at radius 3 is 2.57 bits per heavy atom. The number of carbonyl (C=O) groups is 2. The van der Waals surface area contributed by atoms with Gasteiger partial charge in [0.2, 0.25) is 0 Å². The molecule has 4 aliphatic rings. The van der Waals surface area contributed by atoms with E-state index in [9.17, 15) is 24.9 Å². The number of aliphatic hydroxyl groups is 3. The number of hydrogen-bond donors (Lipinski definition) is 3. The molecule has 3 N–H and O–H groups in total. The summed E-state index contributed by atoms with van der Waals surface area (Å²) in [6.07, 6.45) is 0.517. The number of carbonyl (C=O) groups excluding carboxylic acids is 2. The van der Waals surface area contributed by atoms with Crippen LogP contribution in [0.3, 0.4) is 0 Å². The highest BCUT2D eigenvalue weighted by Gasteiger charge is 2.76. The summed E-state index contributed by atoms with van der Waals surface area (Å²) >= 11 is 0. The van der Waals surface area contributed by atoms with Gasteiger partial charge in [0.05, 0.1) is 24.3 Å². The fourth-order valence-electron chi connectivity index (χ4n) is 7.81. The van der Waals surface area contributed by atoms with Gasteiger partial charge in [-0.2, -0.15) is 0 Å². The molecule has 9 heteroatoms. The summed E-state index contributed by atoms with van der Waals surface area (Å²) in [5, 5.41) is 38.2. The first-order chi connectivity index (χ1) is 17.2. The molecule has 0 radical (unpaired) electrons. The molecule has 1 aromatic heterocycles. The number of nitrogens with zero attached hydrogens (tertiary/aromatic N) is 2. The van der Waals surface area contributed by atoms with E-state index < -0.39 is 41.8 Å². The lowest BCUT2D eigenvalue weighted by molar-refractivity contribution is -0.191. The number of aryl methyl sites for hydroxylation is 2. The highest BCUT2D eigenvalue weighted by Crippen LogP contribution is 2.71. The van der Waals surface area contributed by atoms with Gasteiger partial charge < -0.3 is 29.5 Å². The van der Waals surface area contributed by atoms with Crippen LogP contribution in [0.5, 0.6) is 0 Å². The first kappa shape index (κ1) is 26.1. The van der Waals surface area contributed by atoms with Crippen LogP contribution in [-0.2, 0) is 16.1 Å². The number of ketones is 1. The van der Waals surface area contributed by atoms with Crippen molar-refractivity contribution in [1.29, 1.82) is 0 Å². The Morgan fingerprint density at radius 2 is 1.97 bits per heavy atom. The van der Waals surface area contributed by atoms with Gasteiger partial charge in [-0.1, -0.05) is 38.1 Å². The largest absolute Gasteiger partial charge is 0.438 e. The van der Waals surface area contributed by atoms with E-state index in [1.54, 1.807) is 40.0 Å². The number of aromatic nitrogens is 1. The zero-order valence-corrected chi connectivity index (χ0v) is 22.6. The second kappa shape index (κ2) is 8.25. The summed E-state index contributed by atoms with van der Waals surface area (Å²) in [4.78, 5) is 29.0. The summed E-state index contributed by atoms with van der Waals surface area (Å²) in [5.74, 6) is -0.1000. The third-order valence-electron chi connectivity index (χ3n) is 10.0. The van der Waals surface area contributed by atoms with Crippen molar-refractivity contribution in [1.82, 2.24) is 10.1 Å². The van der Waals surface area contributed by atoms with Gasteiger partial charge in [-0.3, -0.25) is 4.79 Å². The summed E-state index contributed by atoms with van der Waals surface area (Å²) < 4.78 is 11.1. The molecule has 0 aliphatic heterocycles. The van der Waals surface area contributed by atoms with Crippen molar-refractivity contribution < 1.29 is 34.2 Å². The highest BCUT2D eigenvalue weighted by atomic mass is 16.6. The standard InChI is InChI=1S/C28H38N2O7/c1-13-10-27-14(2)8-20-21(26(20,5)6)18(23(27)33)9-17(12-31)22(32)28(27,35)24(13)36-25(34)30(7)11-19-15(3)29-37-16(19)4/h9-10,14,18,20-22,24,31-32,35H,8,11-12H2,1-7H3/t14-,18+,20-,21+,22-,24+,27+,28+/m1/s1. The van der Waals surface area contributed by atoms with E-state index in [0.717, 1.165) is 5.56 Å². The monoisotopic (exact) mass is 514 g/mol. The smallest absolute Gasteiger partial charge is 0.410 e. The number of aliphatic hydroxyl groups excluding tert-OH is 2. The van der Waals surface area contributed by atoms with Crippen LogP contribution in [0.1, 0.15) is 51.1 Å². The molecule has 2 bridgehead atoms. The van der Waals surface area contributed by atoms with Crippen molar-refractivity contribution in [2.45, 2.75) is 72.3 Å². The lowest BCUT2D eigenvalue weighted by atomic mass is 9.59. The van der Waals surface area contributed by atoms with Crippen molar-refractivity contribution >= 4 is 11.9 Å². The molecular formula is C28H38N2O7. The Balaban J connectivity index is 1.53. The van der Waals surface area contributed by atoms with E-state index in [2.05, 4.69) is 19.0 Å². The van der Waals surface area contributed by atoms with Crippen molar-refractivity contribution in [3.05, 3.63) is 40.3 Å².